The van der Waals surface area contributed by atoms with Crippen molar-refractivity contribution < 1.29 is 17.7 Å². The number of nitro benzene ring substituents is 1. The molecule has 10 heteroatoms. The molecule has 142 valence electrons. The van der Waals surface area contributed by atoms with Crippen LogP contribution in [-0.2, 0) is 16.4 Å². The van der Waals surface area contributed by atoms with E-state index >= 15 is 0 Å². The van der Waals surface area contributed by atoms with Gasteiger partial charge in [0.05, 0.1) is 9.95 Å². The van der Waals surface area contributed by atoms with Gasteiger partial charge in [0.1, 0.15) is 10.7 Å². The molecule has 0 spiro atoms. The summed E-state index contributed by atoms with van der Waals surface area (Å²) in [5, 5.41) is 11.4. The Kier molecular flexibility index (Phi) is 5.18. The molecule has 2 aromatic carbocycles. The smallest absolute Gasteiger partial charge is 0.270 e. The number of benzene rings is 2. The van der Waals surface area contributed by atoms with Gasteiger partial charge in [-0.2, -0.15) is 0 Å². The number of non-ortho nitro benzene ring substituents is 1. The Morgan fingerprint density at radius 2 is 2.00 bits per heavy atom. The van der Waals surface area contributed by atoms with Gasteiger partial charge in [-0.3, -0.25) is 10.1 Å². The molecule has 7 nitrogen and oxygen atoms in total. The molecule has 0 saturated heterocycles. The lowest BCUT2D eigenvalue weighted by atomic mass is 10.1. The van der Waals surface area contributed by atoms with Crippen molar-refractivity contribution in [3.05, 3.63) is 68.6 Å². The first-order valence-corrected chi connectivity index (χ1v) is 9.75. The molecule has 0 saturated carbocycles. The first kappa shape index (κ1) is 19.3. The fourth-order valence-electron chi connectivity index (χ4n) is 2.88. The van der Waals surface area contributed by atoms with Gasteiger partial charge in [-0.15, -0.1) is 0 Å². The Hall–Kier alpha value is -2.49. The summed E-state index contributed by atoms with van der Waals surface area (Å²) in [6, 6.07) is 7.56. The van der Waals surface area contributed by atoms with E-state index in [9.17, 15) is 22.9 Å². The molecule has 0 aliphatic carbocycles. The quantitative estimate of drug-likeness (QED) is 0.476. The van der Waals surface area contributed by atoms with Crippen molar-refractivity contribution in [1.82, 2.24) is 9.71 Å². The van der Waals surface area contributed by atoms with Crippen LogP contribution in [0.15, 0.2) is 41.3 Å². The van der Waals surface area contributed by atoms with Gasteiger partial charge in [0, 0.05) is 35.3 Å². The van der Waals surface area contributed by atoms with Gasteiger partial charge in [0.15, 0.2) is 0 Å². The van der Waals surface area contributed by atoms with Crippen molar-refractivity contribution in [1.29, 1.82) is 0 Å². The number of H-pyrrole nitrogens is 1. The number of fused-ring (bicyclic) bond motifs is 1. The first-order valence-electron chi connectivity index (χ1n) is 7.89. The highest BCUT2D eigenvalue weighted by Gasteiger charge is 2.21. The summed E-state index contributed by atoms with van der Waals surface area (Å²) < 4.78 is 40.8. The number of hydrogen-bond donors (Lipinski definition) is 2. The molecule has 0 bridgehead atoms. The third-order valence-corrected chi connectivity index (χ3v) is 6.11. The fraction of sp³-hybridized carbons (Fsp3) is 0.176. The number of aromatic nitrogens is 1. The number of sulfonamides is 1. The molecule has 0 amide bonds. The van der Waals surface area contributed by atoms with Crippen molar-refractivity contribution in [3.8, 4) is 0 Å². The topological polar surface area (TPSA) is 105 Å². The predicted molar refractivity (Wildman–Crippen MR) is 100.0 cm³/mol. The zero-order valence-electron chi connectivity index (χ0n) is 14.1. The van der Waals surface area contributed by atoms with E-state index in [0.29, 0.717) is 11.8 Å². The van der Waals surface area contributed by atoms with E-state index < -0.39 is 14.9 Å². The van der Waals surface area contributed by atoms with Gasteiger partial charge in [-0.05, 0) is 43.2 Å². The molecule has 1 aromatic heterocycles. The van der Waals surface area contributed by atoms with Crippen LogP contribution in [0.3, 0.4) is 0 Å². The minimum absolute atomic E-state index is 0.0195. The highest BCUT2D eigenvalue weighted by atomic mass is 35.5. The fourth-order valence-corrected chi connectivity index (χ4v) is 4.43. The summed E-state index contributed by atoms with van der Waals surface area (Å²) >= 11 is 5.90. The number of halogens is 2. The molecular weight excluding hydrogens is 397 g/mol. The molecule has 0 aliphatic heterocycles. The Morgan fingerprint density at radius 1 is 1.26 bits per heavy atom. The van der Waals surface area contributed by atoms with Crippen molar-refractivity contribution >= 4 is 38.2 Å². The second kappa shape index (κ2) is 7.26. The third-order valence-electron chi connectivity index (χ3n) is 4.16. The summed E-state index contributed by atoms with van der Waals surface area (Å²) in [5.41, 5.74) is 1.98. The molecular formula is C17H15ClFN3O4S. The van der Waals surface area contributed by atoms with Crippen LogP contribution in [0.2, 0.25) is 5.02 Å². The number of rotatable bonds is 6. The maximum Gasteiger partial charge on any atom is 0.270 e. The molecule has 0 atom stereocenters. The molecule has 0 unspecified atom stereocenters. The normalized spacial score (nSPS) is 11.8. The molecule has 0 aliphatic rings. The highest BCUT2D eigenvalue weighted by molar-refractivity contribution is 7.89. The summed E-state index contributed by atoms with van der Waals surface area (Å²) in [7, 11) is -4.05. The Balaban J connectivity index is 1.81. The molecule has 3 rings (SSSR count). The number of aryl methyl sites for hydroxylation is 1. The lowest BCUT2D eigenvalue weighted by Crippen LogP contribution is -2.26. The highest BCUT2D eigenvalue weighted by Crippen LogP contribution is 2.27. The monoisotopic (exact) mass is 411 g/mol. The SMILES string of the molecule is Cc1[nH]c2ccc(F)cc2c1CCNS(=O)(=O)c1cc([N+](=O)[O-])ccc1Cl. The zero-order valence-corrected chi connectivity index (χ0v) is 15.7. The van der Waals surface area contributed by atoms with E-state index in [2.05, 4.69) is 9.71 Å². The van der Waals surface area contributed by atoms with Gasteiger partial charge in [-0.1, -0.05) is 11.6 Å². The Bertz CT molecular complexity index is 1140. The molecule has 3 aromatic rings. The number of hydrogen-bond acceptors (Lipinski definition) is 4. The van der Waals surface area contributed by atoms with E-state index in [1.54, 1.807) is 6.07 Å². The number of aromatic amines is 1. The van der Waals surface area contributed by atoms with Gasteiger partial charge >= 0.3 is 0 Å². The van der Waals surface area contributed by atoms with E-state index in [4.69, 9.17) is 11.6 Å². The number of nitrogens with zero attached hydrogens (tertiary/aromatic N) is 1. The van der Waals surface area contributed by atoms with Gasteiger partial charge in [-0.25, -0.2) is 17.5 Å². The van der Waals surface area contributed by atoms with Crippen LogP contribution in [0.25, 0.3) is 10.9 Å². The van der Waals surface area contributed by atoms with E-state index in [0.717, 1.165) is 28.9 Å². The first-order chi connectivity index (χ1) is 12.7. The maximum atomic E-state index is 13.5. The van der Waals surface area contributed by atoms with E-state index in [1.807, 2.05) is 6.92 Å². The third kappa shape index (κ3) is 3.95. The van der Waals surface area contributed by atoms with Crippen LogP contribution in [0, 0.1) is 22.9 Å². The van der Waals surface area contributed by atoms with E-state index in [-0.39, 0.29) is 28.0 Å². The van der Waals surface area contributed by atoms with Crippen LogP contribution in [0.4, 0.5) is 10.1 Å². The van der Waals surface area contributed by atoms with Crippen molar-refractivity contribution in [2.45, 2.75) is 18.2 Å². The van der Waals surface area contributed by atoms with Crippen molar-refractivity contribution in [3.63, 3.8) is 0 Å². The summed E-state index contributed by atoms with van der Waals surface area (Å²) in [6.45, 7) is 1.84. The molecule has 1 heterocycles. The van der Waals surface area contributed by atoms with Crippen LogP contribution in [-0.4, -0.2) is 24.9 Å². The van der Waals surface area contributed by atoms with Crippen LogP contribution < -0.4 is 4.72 Å². The average Bonchev–Trinajstić information content (AvgIpc) is 2.90. The average molecular weight is 412 g/mol. The summed E-state index contributed by atoms with van der Waals surface area (Å²) in [6.07, 6.45) is 0.307. The van der Waals surface area contributed by atoms with Crippen molar-refractivity contribution in [2.24, 2.45) is 0 Å². The molecule has 0 fully saturated rings. The van der Waals surface area contributed by atoms with Crippen LogP contribution >= 0.6 is 11.6 Å². The van der Waals surface area contributed by atoms with Crippen LogP contribution in [0.5, 0.6) is 0 Å². The Morgan fingerprint density at radius 3 is 2.70 bits per heavy atom. The summed E-state index contributed by atoms with van der Waals surface area (Å²) in [5.74, 6) is -0.383. The molecule has 27 heavy (non-hydrogen) atoms. The second-order valence-electron chi connectivity index (χ2n) is 5.94. The van der Waals surface area contributed by atoms with E-state index in [1.165, 1.54) is 18.2 Å². The number of nitro groups is 1. The van der Waals surface area contributed by atoms with Crippen LogP contribution in [0.1, 0.15) is 11.3 Å². The largest absolute Gasteiger partial charge is 0.358 e. The van der Waals surface area contributed by atoms with Gasteiger partial charge in [0.25, 0.3) is 5.69 Å². The van der Waals surface area contributed by atoms with Gasteiger partial charge in [0.2, 0.25) is 10.0 Å². The minimum atomic E-state index is -4.05. The summed E-state index contributed by atoms with van der Waals surface area (Å²) in [4.78, 5) is 12.9. The minimum Gasteiger partial charge on any atom is -0.358 e. The van der Waals surface area contributed by atoms with Crippen molar-refractivity contribution in [2.75, 3.05) is 6.54 Å². The second-order valence-corrected chi connectivity index (χ2v) is 8.08. The molecule has 0 radical (unpaired) electrons. The van der Waals surface area contributed by atoms with Gasteiger partial charge < -0.3 is 4.98 Å². The molecule has 2 N–H and O–H groups in total. The Labute approximate surface area is 159 Å². The predicted octanol–water partition coefficient (Wildman–Crippen LogP) is 3.70. The standard InChI is InChI=1S/C17H15ClFN3O4S/c1-10-13(14-8-11(19)2-5-16(14)21-10)6-7-20-27(25,26)17-9-12(22(23)24)3-4-15(17)18/h2-5,8-9,20-21H,6-7H2,1H3. The zero-order chi connectivity index (χ0) is 19.8. The number of nitrogens with one attached hydrogen (secondary N) is 2. The lowest BCUT2D eigenvalue weighted by Gasteiger charge is -2.08. The maximum absolute atomic E-state index is 13.5. The lowest BCUT2D eigenvalue weighted by molar-refractivity contribution is -0.385.